The van der Waals surface area contributed by atoms with E-state index in [1.165, 1.54) is 10.9 Å². The summed E-state index contributed by atoms with van der Waals surface area (Å²) in [5.74, 6) is 0.378. The Kier molecular flexibility index (Phi) is 2.90. The van der Waals surface area contributed by atoms with Gasteiger partial charge in [0.1, 0.15) is 5.75 Å². The molecule has 3 nitrogen and oxygen atoms in total. The minimum absolute atomic E-state index is 0.133. The van der Waals surface area contributed by atoms with E-state index in [1.807, 2.05) is 18.2 Å². The standard InChI is InChI=1S/C16H16O3/c1-19-14-5-4-11-6-10(2-3-12(11)8-14)7-13-9-15(13)16(17)18/h2-6,8,13,15H,7,9H2,1H3,(H,17,18). The topological polar surface area (TPSA) is 46.5 Å². The molecule has 19 heavy (non-hydrogen) atoms. The lowest BCUT2D eigenvalue weighted by molar-refractivity contribution is -0.138. The zero-order chi connectivity index (χ0) is 13.4. The summed E-state index contributed by atoms with van der Waals surface area (Å²) >= 11 is 0. The van der Waals surface area contributed by atoms with Crippen molar-refractivity contribution < 1.29 is 14.6 Å². The van der Waals surface area contributed by atoms with Gasteiger partial charge in [-0.3, -0.25) is 4.79 Å². The van der Waals surface area contributed by atoms with Crippen LogP contribution in [0, 0.1) is 11.8 Å². The average Bonchev–Trinajstić information content (AvgIpc) is 3.17. The van der Waals surface area contributed by atoms with Crippen molar-refractivity contribution in [3.05, 3.63) is 42.0 Å². The largest absolute Gasteiger partial charge is 0.497 e. The zero-order valence-corrected chi connectivity index (χ0v) is 10.8. The number of hydrogen-bond acceptors (Lipinski definition) is 2. The Hall–Kier alpha value is -2.03. The molecule has 0 amide bonds. The normalized spacial score (nSPS) is 21.3. The van der Waals surface area contributed by atoms with Gasteiger partial charge in [-0.05, 0) is 47.2 Å². The molecule has 98 valence electrons. The number of carboxylic acids is 1. The van der Waals surface area contributed by atoms with Gasteiger partial charge in [-0.25, -0.2) is 0 Å². The maximum absolute atomic E-state index is 10.8. The summed E-state index contributed by atoms with van der Waals surface area (Å²) in [6.07, 6.45) is 1.68. The molecular formula is C16H16O3. The predicted octanol–water partition coefficient (Wildman–Crippen LogP) is 3.11. The molecule has 0 saturated heterocycles. The van der Waals surface area contributed by atoms with Gasteiger partial charge < -0.3 is 9.84 Å². The molecule has 1 fully saturated rings. The van der Waals surface area contributed by atoms with E-state index in [2.05, 4.69) is 18.2 Å². The lowest BCUT2D eigenvalue weighted by atomic mass is 10.0. The average molecular weight is 256 g/mol. The maximum atomic E-state index is 10.8. The number of hydrogen-bond donors (Lipinski definition) is 1. The maximum Gasteiger partial charge on any atom is 0.306 e. The number of carboxylic acid groups (broad SMARTS) is 1. The number of methoxy groups -OCH3 is 1. The molecule has 0 aromatic heterocycles. The first-order valence-corrected chi connectivity index (χ1v) is 6.47. The Labute approximate surface area is 111 Å². The summed E-state index contributed by atoms with van der Waals surface area (Å²) in [5, 5.41) is 11.2. The third-order valence-corrected chi connectivity index (χ3v) is 3.85. The van der Waals surface area contributed by atoms with E-state index in [0.29, 0.717) is 5.92 Å². The number of fused-ring (bicyclic) bond motifs is 1. The van der Waals surface area contributed by atoms with E-state index in [9.17, 15) is 4.79 Å². The second-order valence-corrected chi connectivity index (χ2v) is 5.19. The summed E-state index contributed by atoms with van der Waals surface area (Å²) in [5.41, 5.74) is 1.21. The van der Waals surface area contributed by atoms with E-state index < -0.39 is 5.97 Å². The van der Waals surface area contributed by atoms with Crippen molar-refractivity contribution in [2.75, 3.05) is 7.11 Å². The molecule has 2 aromatic carbocycles. The van der Waals surface area contributed by atoms with Gasteiger partial charge in [0.05, 0.1) is 13.0 Å². The van der Waals surface area contributed by atoms with Crippen molar-refractivity contribution in [2.24, 2.45) is 11.8 Å². The third kappa shape index (κ3) is 2.41. The molecule has 0 radical (unpaired) electrons. The smallest absolute Gasteiger partial charge is 0.306 e. The van der Waals surface area contributed by atoms with Gasteiger partial charge in [-0.15, -0.1) is 0 Å². The monoisotopic (exact) mass is 256 g/mol. The number of rotatable bonds is 4. The fourth-order valence-electron chi connectivity index (χ4n) is 2.61. The lowest BCUT2D eigenvalue weighted by Gasteiger charge is -2.05. The van der Waals surface area contributed by atoms with Crippen LogP contribution in [0.5, 0.6) is 5.75 Å². The lowest BCUT2D eigenvalue weighted by Crippen LogP contribution is -2.01. The molecule has 0 spiro atoms. The van der Waals surface area contributed by atoms with Crippen LogP contribution in [0.2, 0.25) is 0 Å². The minimum Gasteiger partial charge on any atom is -0.497 e. The fourth-order valence-corrected chi connectivity index (χ4v) is 2.61. The molecule has 2 atom stereocenters. The molecule has 0 bridgehead atoms. The van der Waals surface area contributed by atoms with Crippen molar-refractivity contribution in [1.29, 1.82) is 0 Å². The first kappa shape index (κ1) is 12.0. The molecule has 1 aliphatic rings. The third-order valence-electron chi connectivity index (χ3n) is 3.85. The van der Waals surface area contributed by atoms with Crippen molar-refractivity contribution in [1.82, 2.24) is 0 Å². The number of benzene rings is 2. The Morgan fingerprint density at radius 2 is 2.00 bits per heavy atom. The SMILES string of the molecule is COc1ccc2cc(CC3CC3C(=O)O)ccc2c1. The van der Waals surface area contributed by atoms with Gasteiger partial charge in [0.15, 0.2) is 0 Å². The van der Waals surface area contributed by atoms with Gasteiger partial charge in [0, 0.05) is 0 Å². The van der Waals surface area contributed by atoms with Crippen molar-refractivity contribution in [3.8, 4) is 5.75 Å². The van der Waals surface area contributed by atoms with Crippen LogP contribution >= 0.6 is 0 Å². The molecule has 0 aliphatic heterocycles. The van der Waals surface area contributed by atoms with E-state index in [0.717, 1.165) is 24.0 Å². The van der Waals surface area contributed by atoms with Crippen LogP contribution in [0.4, 0.5) is 0 Å². The molecule has 1 aliphatic carbocycles. The molecule has 1 saturated carbocycles. The Morgan fingerprint density at radius 3 is 2.68 bits per heavy atom. The Morgan fingerprint density at radius 1 is 1.26 bits per heavy atom. The van der Waals surface area contributed by atoms with E-state index in [-0.39, 0.29) is 5.92 Å². The highest BCUT2D eigenvalue weighted by molar-refractivity contribution is 5.84. The van der Waals surface area contributed by atoms with Crippen LogP contribution in [-0.2, 0) is 11.2 Å². The van der Waals surface area contributed by atoms with E-state index in [4.69, 9.17) is 9.84 Å². The van der Waals surface area contributed by atoms with Gasteiger partial charge in [0.25, 0.3) is 0 Å². The van der Waals surface area contributed by atoms with Gasteiger partial charge in [-0.1, -0.05) is 24.3 Å². The summed E-state index contributed by atoms with van der Waals surface area (Å²) in [4.78, 5) is 10.8. The summed E-state index contributed by atoms with van der Waals surface area (Å²) < 4.78 is 5.20. The van der Waals surface area contributed by atoms with Gasteiger partial charge in [-0.2, -0.15) is 0 Å². The van der Waals surface area contributed by atoms with Crippen molar-refractivity contribution >= 4 is 16.7 Å². The molecule has 3 heteroatoms. The first-order valence-electron chi connectivity index (χ1n) is 6.47. The molecule has 2 unspecified atom stereocenters. The highest BCUT2D eigenvalue weighted by Crippen LogP contribution is 2.41. The fraction of sp³-hybridized carbons (Fsp3) is 0.312. The van der Waals surface area contributed by atoms with Crippen LogP contribution in [0.3, 0.4) is 0 Å². The zero-order valence-electron chi connectivity index (χ0n) is 10.8. The number of carbonyl (C=O) groups is 1. The quantitative estimate of drug-likeness (QED) is 0.914. The molecule has 0 heterocycles. The Balaban J connectivity index is 1.80. The second-order valence-electron chi connectivity index (χ2n) is 5.19. The number of aliphatic carboxylic acids is 1. The predicted molar refractivity (Wildman–Crippen MR) is 73.4 cm³/mol. The summed E-state index contributed by atoms with van der Waals surface area (Å²) in [6, 6.07) is 12.3. The van der Waals surface area contributed by atoms with Crippen LogP contribution in [0.15, 0.2) is 36.4 Å². The van der Waals surface area contributed by atoms with Crippen LogP contribution in [0.25, 0.3) is 10.8 Å². The molecule has 3 rings (SSSR count). The van der Waals surface area contributed by atoms with Crippen molar-refractivity contribution in [2.45, 2.75) is 12.8 Å². The van der Waals surface area contributed by atoms with Crippen LogP contribution < -0.4 is 4.74 Å². The molecule has 1 N–H and O–H groups in total. The highest BCUT2D eigenvalue weighted by atomic mass is 16.5. The van der Waals surface area contributed by atoms with E-state index in [1.54, 1.807) is 7.11 Å². The van der Waals surface area contributed by atoms with E-state index >= 15 is 0 Å². The number of ether oxygens (including phenoxy) is 1. The molecule has 2 aromatic rings. The van der Waals surface area contributed by atoms with Crippen LogP contribution in [0.1, 0.15) is 12.0 Å². The highest BCUT2D eigenvalue weighted by Gasteiger charge is 2.42. The minimum atomic E-state index is -0.657. The van der Waals surface area contributed by atoms with Gasteiger partial charge in [0.2, 0.25) is 0 Å². The summed E-state index contributed by atoms with van der Waals surface area (Å²) in [7, 11) is 1.66. The van der Waals surface area contributed by atoms with Crippen LogP contribution in [-0.4, -0.2) is 18.2 Å². The summed E-state index contributed by atoms with van der Waals surface area (Å²) in [6.45, 7) is 0. The van der Waals surface area contributed by atoms with Crippen molar-refractivity contribution in [3.63, 3.8) is 0 Å². The first-order chi connectivity index (χ1) is 9.17. The van der Waals surface area contributed by atoms with Gasteiger partial charge >= 0.3 is 5.97 Å². The second kappa shape index (κ2) is 4.57. The molecular weight excluding hydrogens is 240 g/mol. The Bertz CT molecular complexity index is 633.